The fourth-order valence-electron chi connectivity index (χ4n) is 0.808. The molecule has 0 fully saturated rings. The van der Waals surface area contributed by atoms with Crippen LogP contribution in [0.4, 0.5) is 0 Å². The molecule has 0 atom stereocenters. The zero-order valence-electron chi connectivity index (χ0n) is 8.16. The fourth-order valence-corrected chi connectivity index (χ4v) is 0.906. The first-order valence-corrected chi connectivity index (χ1v) is 4.63. The summed E-state index contributed by atoms with van der Waals surface area (Å²) in [5, 5.41) is 0.190. The molecule has 0 aliphatic heterocycles. The lowest BCUT2D eigenvalue weighted by molar-refractivity contribution is -0.140. The Morgan fingerprint density at radius 3 is 2.80 bits per heavy atom. The van der Waals surface area contributed by atoms with Gasteiger partial charge in [-0.1, -0.05) is 11.8 Å². The van der Waals surface area contributed by atoms with Crippen molar-refractivity contribution in [3.05, 3.63) is 23.2 Å². The lowest BCUT2D eigenvalue weighted by Crippen LogP contribution is -1.98. The predicted molar refractivity (Wildman–Crippen MR) is 55.2 cm³/mol. The number of rotatable bonds is 2. The highest BCUT2D eigenvalue weighted by Gasteiger charge is 1.96. The molecule has 15 heavy (non-hydrogen) atoms. The Bertz CT molecular complexity index is 392. The van der Waals surface area contributed by atoms with E-state index >= 15 is 0 Å². The number of aromatic nitrogens is 2. The van der Waals surface area contributed by atoms with Crippen LogP contribution in [0.1, 0.15) is 18.4 Å². The molecular weight excluding hydrogens is 216 g/mol. The van der Waals surface area contributed by atoms with Crippen LogP contribution in [0.3, 0.4) is 0 Å². The molecule has 0 amide bonds. The first kappa shape index (κ1) is 11.5. The molecule has 1 aromatic rings. The van der Waals surface area contributed by atoms with Crippen LogP contribution in [0.25, 0.3) is 0 Å². The highest BCUT2D eigenvalue weighted by Crippen LogP contribution is 1.99. The summed E-state index contributed by atoms with van der Waals surface area (Å²) in [4.78, 5) is 18.3. The topological polar surface area (TPSA) is 52.1 Å². The van der Waals surface area contributed by atoms with Crippen molar-refractivity contribution in [3.63, 3.8) is 0 Å². The third kappa shape index (κ3) is 4.43. The van der Waals surface area contributed by atoms with Gasteiger partial charge in [0.1, 0.15) is 0 Å². The van der Waals surface area contributed by atoms with E-state index in [2.05, 4.69) is 26.5 Å². The SMILES string of the molecule is COC(=O)CCC#Cc1cnc(Cl)nc1. The molecule has 0 saturated heterocycles. The van der Waals surface area contributed by atoms with E-state index in [1.807, 2.05) is 0 Å². The maximum absolute atomic E-state index is 10.7. The van der Waals surface area contributed by atoms with E-state index in [0.717, 1.165) is 0 Å². The molecule has 5 heteroatoms. The second kappa shape index (κ2) is 5.99. The van der Waals surface area contributed by atoms with E-state index in [1.54, 1.807) is 0 Å². The number of nitrogens with zero attached hydrogens (tertiary/aromatic N) is 2. The Kier molecular flexibility index (Phi) is 4.58. The van der Waals surface area contributed by atoms with Gasteiger partial charge in [-0.15, -0.1) is 0 Å². The molecule has 0 saturated carbocycles. The van der Waals surface area contributed by atoms with Crippen LogP contribution in [0.2, 0.25) is 5.28 Å². The molecule has 0 aliphatic rings. The molecule has 4 nitrogen and oxygen atoms in total. The quantitative estimate of drug-likeness (QED) is 0.433. The summed E-state index contributed by atoms with van der Waals surface area (Å²) in [7, 11) is 1.35. The number of hydrogen-bond donors (Lipinski definition) is 0. The van der Waals surface area contributed by atoms with Crippen molar-refractivity contribution in [3.8, 4) is 11.8 Å². The van der Waals surface area contributed by atoms with E-state index in [4.69, 9.17) is 11.6 Å². The minimum Gasteiger partial charge on any atom is -0.469 e. The number of esters is 1. The van der Waals surface area contributed by atoms with Crippen LogP contribution in [-0.4, -0.2) is 23.0 Å². The lowest BCUT2D eigenvalue weighted by atomic mass is 10.3. The van der Waals surface area contributed by atoms with Gasteiger partial charge in [0.05, 0.1) is 19.1 Å². The summed E-state index contributed by atoms with van der Waals surface area (Å²) in [6, 6.07) is 0. The van der Waals surface area contributed by atoms with Crippen molar-refractivity contribution in [1.29, 1.82) is 0 Å². The number of carbonyl (C=O) groups is 1. The molecule has 1 heterocycles. The first-order valence-electron chi connectivity index (χ1n) is 4.25. The summed E-state index contributed by atoms with van der Waals surface area (Å²) in [5.41, 5.74) is 0.671. The van der Waals surface area contributed by atoms with Crippen LogP contribution in [0, 0.1) is 11.8 Å². The van der Waals surface area contributed by atoms with Gasteiger partial charge in [0.15, 0.2) is 0 Å². The third-order valence-electron chi connectivity index (χ3n) is 1.53. The van der Waals surface area contributed by atoms with Gasteiger partial charge >= 0.3 is 5.97 Å². The second-order valence-corrected chi connectivity index (χ2v) is 2.96. The smallest absolute Gasteiger partial charge is 0.306 e. The molecule has 0 radical (unpaired) electrons. The standard InChI is InChI=1S/C10H9ClN2O2/c1-15-9(14)5-3-2-4-8-6-12-10(11)13-7-8/h6-7H,3,5H2,1H3. The van der Waals surface area contributed by atoms with Gasteiger partial charge in [0.25, 0.3) is 0 Å². The van der Waals surface area contributed by atoms with Crippen LogP contribution in [0.5, 0.6) is 0 Å². The van der Waals surface area contributed by atoms with Crippen molar-refractivity contribution in [2.75, 3.05) is 7.11 Å². The fraction of sp³-hybridized carbons (Fsp3) is 0.300. The van der Waals surface area contributed by atoms with Crippen LogP contribution in [-0.2, 0) is 9.53 Å². The Morgan fingerprint density at radius 1 is 1.53 bits per heavy atom. The largest absolute Gasteiger partial charge is 0.469 e. The normalized spacial score (nSPS) is 8.93. The number of hydrogen-bond acceptors (Lipinski definition) is 4. The summed E-state index contributed by atoms with van der Waals surface area (Å²) in [6.45, 7) is 0. The van der Waals surface area contributed by atoms with Gasteiger partial charge in [0, 0.05) is 18.8 Å². The van der Waals surface area contributed by atoms with Gasteiger partial charge in [-0.3, -0.25) is 4.79 Å². The molecule has 78 valence electrons. The minimum absolute atomic E-state index is 0.190. The monoisotopic (exact) mass is 224 g/mol. The van der Waals surface area contributed by atoms with Crippen LogP contribution >= 0.6 is 11.6 Å². The molecule has 0 spiro atoms. The Hall–Kier alpha value is -1.60. The average Bonchev–Trinajstić information content (AvgIpc) is 2.26. The third-order valence-corrected chi connectivity index (χ3v) is 1.73. The highest BCUT2D eigenvalue weighted by atomic mass is 35.5. The average molecular weight is 225 g/mol. The molecule has 0 unspecified atom stereocenters. The zero-order chi connectivity index (χ0) is 11.1. The molecule has 0 N–H and O–H groups in total. The van der Waals surface area contributed by atoms with E-state index in [0.29, 0.717) is 12.0 Å². The van der Waals surface area contributed by atoms with Gasteiger partial charge in [-0.25, -0.2) is 9.97 Å². The van der Waals surface area contributed by atoms with E-state index in [-0.39, 0.29) is 17.7 Å². The Labute approximate surface area is 92.6 Å². The van der Waals surface area contributed by atoms with E-state index in [1.165, 1.54) is 19.5 Å². The second-order valence-electron chi connectivity index (χ2n) is 2.62. The molecule has 0 aliphatic carbocycles. The summed E-state index contributed by atoms with van der Waals surface area (Å²) in [5.74, 6) is 5.36. The Balaban J connectivity index is 2.44. The van der Waals surface area contributed by atoms with Gasteiger partial charge in [-0.05, 0) is 11.6 Å². The van der Waals surface area contributed by atoms with Crippen LogP contribution in [0.15, 0.2) is 12.4 Å². The molecule has 1 aromatic heterocycles. The van der Waals surface area contributed by atoms with Gasteiger partial charge in [0.2, 0.25) is 5.28 Å². The summed E-state index contributed by atoms with van der Waals surface area (Å²) in [6.07, 6.45) is 3.80. The highest BCUT2D eigenvalue weighted by molar-refractivity contribution is 6.28. The van der Waals surface area contributed by atoms with Crippen LogP contribution < -0.4 is 0 Å². The molecule has 0 aromatic carbocycles. The predicted octanol–water partition coefficient (Wildman–Crippen LogP) is 1.43. The summed E-state index contributed by atoms with van der Waals surface area (Å²) >= 11 is 5.50. The van der Waals surface area contributed by atoms with E-state index in [9.17, 15) is 4.79 Å². The summed E-state index contributed by atoms with van der Waals surface area (Å²) < 4.78 is 4.47. The van der Waals surface area contributed by atoms with Crippen molar-refractivity contribution in [2.45, 2.75) is 12.8 Å². The Morgan fingerprint density at radius 2 is 2.20 bits per heavy atom. The maximum atomic E-state index is 10.7. The molecule has 0 bridgehead atoms. The van der Waals surface area contributed by atoms with Crippen molar-refractivity contribution in [1.82, 2.24) is 9.97 Å². The van der Waals surface area contributed by atoms with E-state index < -0.39 is 0 Å². The maximum Gasteiger partial charge on any atom is 0.306 e. The molecule has 1 rings (SSSR count). The minimum atomic E-state index is -0.267. The number of halogens is 1. The van der Waals surface area contributed by atoms with Crippen molar-refractivity contribution < 1.29 is 9.53 Å². The first-order chi connectivity index (χ1) is 7.22. The van der Waals surface area contributed by atoms with Gasteiger partial charge in [-0.2, -0.15) is 0 Å². The van der Waals surface area contributed by atoms with Crippen molar-refractivity contribution in [2.24, 2.45) is 0 Å². The zero-order valence-corrected chi connectivity index (χ0v) is 8.91. The number of carbonyl (C=O) groups excluding carboxylic acids is 1. The number of ether oxygens (including phenoxy) is 1. The van der Waals surface area contributed by atoms with Crippen molar-refractivity contribution >= 4 is 17.6 Å². The molecular formula is C10H9ClN2O2. The van der Waals surface area contributed by atoms with Gasteiger partial charge < -0.3 is 4.74 Å². The lowest BCUT2D eigenvalue weighted by Gasteiger charge is -1.92. The number of methoxy groups -OCH3 is 1.